The zero-order chi connectivity index (χ0) is 23.2. The Bertz CT molecular complexity index is 1130. The van der Waals surface area contributed by atoms with Crippen LogP contribution in [-0.2, 0) is 6.54 Å². The quantitative estimate of drug-likeness (QED) is 0.363. The van der Waals surface area contributed by atoms with Crippen LogP contribution < -0.4 is 15.8 Å². The van der Waals surface area contributed by atoms with E-state index in [2.05, 4.69) is 33.3 Å². The SMILES string of the molecule is C#CCOc1ccc(CN[C@@H]2CCC[C@H](N(CC)C(=O)c3nc4cc(N)ccc4[nH]3)C2)cc1. The molecule has 172 valence electrons. The number of rotatable bonds is 8. The van der Waals surface area contributed by atoms with Gasteiger partial charge in [-0.05, 0) is 68.5 Å². The summed E-state index contributed by atoms with van der Waals surface area (Å²) in [6, 6.07) is 14.0. The van der Waals surface area contributed by atoms with Crippen molar-refractivity contribution in [3.05, 3.63) is 53.9 Å². The summed E-state index contributed by atoms with van der Waals surface area (Å²) in [5, 5.41) is 3.67. The number of anilines is 1. The zero-order valence-electron chi connectivity index (χ0n) is 19.0. The number of benzene rings is 2. The van der Waals surface area contributed by atoms with Crippen LogP contribution in [0.25, 0.3) is 11.0 Å². The van der Waals surface area contributed by atoms with Gasteiger partial charge in [0.2, 0.25) is 0 Å². The molecule has 1 aliphatic carbocycles. The number of hydrogen-bond acceptors (Lipinski definition) is 5. The lowest BCUT2D eigenvalue weighted by Gasteiger charge is -2.37. The number of amides is 1. The molecule has 7 nitrogen and oxygen atoms in total. The minimum absolute atomic E-state index is 0.0551. The van der Waals surface area contributed by atoms with Crippen molar-refractivity contribution in [2.75, 3.05) is 18.9 Å². The van der Waals surface area contributed by atoms with Gasteiger partial charge in [0.25, 0.3) is 5.91 Å². The molecule has 1 heterocycles. The Kier molecular flexibility index (Phi) is 7.16. The number of H-pyrrole nitrogens is 1. The number of aromatic amines is 1. The predicted octanol–water partition coefficient (Wildman–Crippen LogP) is 3.72. The summed E-state index contributed by atoms with van der Waals surface area (Å²) in [5.41, 5.74) is 9.22. The fourth-order valence-corrected chi connectivity index (χ4v) is 4.55. The molecule has 7 heteroatoms. The van der Waals surface area contributed by atoms with Crippen molar-refractivity contribution in [1.29, 1.82) is 0 Å². The average Bonchev–Trinajstić information content (AvgIpc) is 3.26. The van der Waals surface area contributed by atoms with E-state index >= 15 is 0 Å². The number of nitrogens with one attached hydrogen (secondary N) is 2. The number of nitrogens with zero attached hydrogens (tertiary/aromatic N) is 2. The van der Waals surface area contributed by atoms with Gasteiger partial charge in [0.15, 0.2) is 5.82 Å². The Labute approximate surface area is 194 Å². The van der Waals surface area contributed by atoms with E-state index in [1.54, 1.807) is 6.07 Å². The summed E-state index contributed by atoms with van der Waals surface area (Å²) in [6.07, 6.45) is 9.36. The van der Waals surface area contributed by atoms with Gasteiger partial charge in [0, 0.05) is 30.9 Å². The van der Waals surface area contributed by atoms with Crippen LogP contribution in [0.1, 0.15) is 48.8 Å². The maximum Gasteiger partial charge on any atom is 0.289 e. The highest BCUT2D eigenvalue weighted by molar-refractivity contribution is 5.94. The van der Waals surface area contributed by atoms with Gasteiger partial charge in [0.05, 0.1) is 11.0 Å². The van der Waals surface area contributed by atoms with Crippen LogP contribution in [-0.4, -0.2) is 46.0 Å². The topological polar surface area (TPSA) is 96.3 Å². The molecule has 0 radical (unpaired) electrons. The molecule has 3 aromatic rings. The molecular formula is C26H31N5O2. The molecule has 0 spiro atoms. The molecule has 1 fully saturated rings. The summed E-state index contributed by atoms with van der Waals surface area (Å²) in [6.45, 7) is 3.72. The Morgan fingerprint density at radius 1 is 1.30 bits per heavy atom. The fraction of sp³-hybridized carbons (Fsp3) is 0.385. The Hall–Kier alpha value is -3.50. The normalized spacial score (nSPS) is 18.1. The van der Waals surface area contributed by atoms with E-state index in [0.717, 1.165) is 43.5 Å². The average molecular weight is 446 g/mol. The highest BCUT2D eigenvalue weighted by Gasteiger charge is 2.30. The summed E-state index contributed by atoms with van der Waals surface area (Å²) in [5.74, 6) is 3.57. The summed E-state index contributed by atoms with van der Waals surface area (Å²) < 4.78 is 5.43. The number of carbonyl (C=O) groups excluding carboxylic acids is 1. The standard InChI is InChI=1S/C26H31N5O2/c1-3-14-33-22-11-8-18(9-12-22)17-28-20-6-5-7-21(16-20)31(4-2)26(32)25-29-23-13-10-19(27)15-24(23)30-25/h1,8-13,15,20-21,28H,4-7,14,16-17,27H2,2H3,(H,29,30)/t20-,21+/m1/s1. The molecular weight excluding hydrogens is 414 g/mol. The Morgan fingerprint density at radius 2 is 2.12 bits per heavy atom. The van der Waals surface area contributed by atoms with Crippen LogP contribution in [0.3, 0.4) is 0 Å². The van der Waals surface area contributed by atoms with Crippen molar-refractivity contribution in [3.8, 4) is 18.1 Å². The number of ether oxygens (including phenoxy) is 1. The Balaban J connectivity index is 1.36. The molecule has 1 aliphatic rings. The predicted molar refractivity (Wildman–Crippen MR) is 131 cm³/mol. The number of terminal acetylenes is 1. The van der Waals surface area contributed by atoms with E-state index in [1.807, 2.05) is 36.1 Å². The fourth-order valence-electron chi connectivity index (χ4n) is 4.55. The van der Waals surface area contributed by atoms with Gasteiger partial charge in [-0.25, -0.2) is 4.98 Å². The molecule has 0 bridgehead atoms. The number of carbonyl (C=O) groups is 1. The highest BCUT2D eigenvalue weighted by Crippen LogP contribution is 2.25. The van der Waals surface area contributed by atoms with Crippen molar-refractivity contribution in [3.63, 3.8) is 0 Å². The van der Waals surface area contributed by atoms with Crippen LogP contribution in [0.5, 0.6) is 5.75 Å². The van der Waals surface area contributed by atoms with Gasteiger partial charge in [-0.1, -0.05) is 18.1 Å². The minimum Gasteiger partial charge on any atom is -0.481 e. The number of nitrogens with two attached hydrogens (primary N) is 1. The first-order chi connectivity index (χ1) is 16.1. The molecule has 2 aromatic carbocycles. The third kappa shape index (κ3) is 5.47. The maximum atomic E-state index is 13.3. The smallest absolute Gasteiger partial charge is 0.289 e. The van der Waals surface area contributed by atoms with E-state index < -0.39 is 0 Å². The van der Waals surface area contributed by atoms with E-state index in [4.69, 9.17) is 16.9 Å². The van der Waals surface area contributed by atoms with Crippen LogP contribution in [0, 0.1) is 12.3 Å². The Morgan fingerprint density at radius 3 is 2.88 bits per heavy atom. The molecule has 33 heavy (non-hydrogen) atoms. The van der Waals surface area contributed by atoms with Gasteiger partial charge >= 0.3 is 0 Å². The third-order valence-electron chi connectivity index (χ3n) is 6.24. The summed E-state index contributed by atoms with van der Waals surface area (Å²) in [4.78, 5) is 22.9. The van der Waals surface area contributed by atoms with Crippen LogP contribution in [0.2, 0.25) is 0 Å². The molecule has 4 rings (SSSR count). The first-order valence-corrected chi connectivity index (χ1v) is 11.5. The highest BCUT2D eigenvalue weighted by atomic mass is 16.5. The van der Waals surface area contributed by atoms with Gasteiger partial charge < -0.3 is 25.7 Å². The first-order valence-electron chi connectivity index (χ1n) is 11.5. The van der Waals surface area contributed by atoms with Gasteiger partial charge in [-0.15, -0.1) is 6.42 Å². The van der Waals surface area contributed by atoms with Crippen LogP contribution in [0.4, 0.5) is 5.69 Å². The van der Waals surface area contributed by atoms with Crippen molar-refractivity contribution in [2.45, 2.75) is 51.2 Å². The number of nitrogen functional groups attached to an aromatic ring is 1. The van der Waals surface area contributed by atoms with E-state index in [0.29, 0.717) is 29.6 Å². The molecule has 0 saturated heterocycles. The van der Waals surface area contributed by atoms with E-state index in [-0.39, 0.29) is 18.6 Å². The van der Waals surface area contributed by atoms with Crippen LogP contribution in [0.15, 0.2) is 42.5 Å². The lowest BCUT2D eigenvalue weighted by Crippen LogP contribution is -2.47. The number of aromatic nitrogens is 2. The number of hydrogen-bond donors (Lipinski definition) is 3. The van der Waals surface area contributed by atoms with Gasteiger partial charge in [-0.3, -0.25) is 4.79 Å². The summed E-state index contributed by atoms with van der Waals surface area (Å²) >= 11 is 0. The second kappa shape index (κ2) is 10.4. The number of imidazole rings is 1. The third-order valence-corrected chi connectivity index (χ3v) is 6.24. The van der Waals surface area contributed by atoms with Crippen LogP contribution >= 0.6 is 0 Å². The zero-order valence-corrected chi connectivity index (χ0v) is 19.0. The van der Waals surface area contributed by atoms with E-state index in [1.165, 1.54) is 5.56 Å². The second-order valence-electron chi connectivity index (χ2n) is 8.49. The van der Waals surface area contributed by atoms with Gasteiger partial charge in [-0.2, -0.15) is 0 Å². The van der Waals surface area contributed by atoms with Crippen molar-refractivity contribution >= 4 is 22.6 Å². The molecule has 2 atom stereocenters. The van der Waals surface area contributed by atoms with Crippen molar-refractivity contribution in [1.82, 2.24) is 20.2 Å². The lowest BCUT2D eigenvalue weighted by atomic mass is 9.89. The van der Waals surface area contributed by atoms with E-state index in [9.17, 15) is 4.79 Å². The molecule has 1 aromatic heterocycles. The lowest BCUT2D eigenvalue weighted by molar-refractivity contribution is 0.0617. The minimum atomic E-state index is -0.0551. The van der Waals surface area contributed by atoms with Gasteiger partial charge in [0.1, 0.15) is 12.4 Å². The molecule has 4 N–H and O–H groups in total. The van der Waals surface area contributed by atoms with Crippen molar-refractivity contribution in [2.24, 2.45) is 0 Å². The molecule has 1 saturated carbocycles. The molecule has 0 aliphatic heterocycles. The largest absolute Gasteiger partial charge is 0.481 e. The molecule has 0 unspecified atom stereocenters. The number of fused-ring (bicyclic) bond motifs is 1. The van der Waals surface area contributed by atoms with Crippen molar-refractivity contribution < 1.29 is 9.53 Å². The first kappa shape index (κ1) is 22.7. The summed E-state index contributed by atoms with van der Waals surface area (Å²) in [7, 11) is 0. The molecule has 1 amide bonds. The second-order valence-corrected chi connectivity index (χ2v) is 8.49. The monoisotopic (exact) mass is 445 g/mol. The maximum absolute atomic E-state index is 13.3.